The second-order valence-corrected chi connectivity index (χ2v) is 7.70. The van der Waals surface area contributed by atoms with Crippen molar-refractivity contribution in [3.63, 3.8) is 0 Å². The van der Waals surface area contributed by atoms with Gasteiger partial charge in [0.2, 0.25) is 0 Å². The molecule has 1 aliphatic heterocycles. The third-order valence-electron chi connectivity index (χ3n) is 5.66. The number of azo groups is 1. The van der Waals surface area contributed by atoms with E-state index in [0.29, 0.717) is 39.2 Å². The summed E-state index contributed by atoms with van der Waals surface area (Å²) in [5.41, 5.74) is 9.23. The van der Waals surface area contributed by atoms with Crippen LogP contribution in [-0.4, -0.2) is 34.4 Å². The van der Waals surface area contributed by atoms with Crippen molar-refractivity contribution >= 4 is 34.1 Å². The number of methoxy groups -OCH3 is 1. The zero-order valence-electron chi connectivity index (χ0n) is 18.5. The topological polar surface area (TPSA) is 158 Å². The predicted molar refractivity (Wildman–Crippen MR) is 132 cm³/mol. The first kappa shape index (κ1) is 21.7. The molecule has 0 saturated carbocycles. The van der Waals surface area contributed by atoms with Crippen molar-refractivity contribution in [3.05, 3.63) is 72.3 Å². The van der Waals surface area contributed by atoms with Crippen LogP contribution in [0.4, 0.5) is 16.2 Å². The largest absolute Gasteiger partial charge is 0.506 e. The van der Waals surface area contributed by atoms with Gasteiger partial charge in [0.15, 0.2) is 0 Å². The first-order valence-corrected chi connectivity index (χ1v) is 10.6. The molecule has 0 atom stereocenters. The molecular formula is C25H20N6O4. The van der Waals surface area contributed by atoms with E-state index in [1.165, 1.54) is 6.07 Å². The van der Waals surface area contributed by atoms with Gasteiger partial charge >= 0.3 is 6.03 Å². The van der Waals surface area contributed by atoms with Gasteiger partial charge in [0.05, 0.1) is 40.7 Å². The van der Waals surface area contributed by atoms with Crippen LogP contribution in [0.15, 0.2) is 77.0 Å². The Hall–Kier alpha value is -5.12. The van der Waals surface area contributed by atoms with Crippen molar-refractivity contribution in [2.75, 3.05) is 18.2 Å². The quantitative estimate of drug-likeness (QED) is 0.176. The lowest BCUT2D eigenvalue weighted by Crippen LogP contribution is -2.07. The minimum absolute atomic E-state index is 0.0145. The van der Waals surface area contributed by atoms with Gasteiger partial charge in [-0.15, -0.1) is 5.11 Å². The molecule has 1 aliphatic carbocycles. The number of nitrogens with zero attached hydrogens (tertiary/aromatic N) is 2. The van der Waals surface area contributed by atoms with Crippen LogP contribution in [0.2, 0.25) is 0 Å². The highest BCUT2D eigenvalue weighted by Crippen LogP contribution is 2.49. The predicted octanol–water partition coefficient (Wildman–Crippen LogP) is 5.39. The summed E-state index contributed by atoms with van der Waals surface area (Å²) in [5.74, 6) is -0.0371. The molecule has 3 aromatic carbocycles. The molecule has 174 valence electrons. The maximum absolute atomic E-state index is 12.4. The summed E-state index contributed by atoms with van der Waals surface area (Å²) >= 11 is 0. The van der Waals surface area contributed by atoms with Gasteiger partial charge in [0.25, 0.3) is 5.91 Å². The number of ether oxygens (including phenoxy) is 1. The molecule has 5 rings (SSSR count). The Kier molecular flexibility index (Phi) is 5.38. The number of hydrogen-bond donors (Lipinski definition) is 5. The van der Waals surface area contributed by atoms with E-state index in [1.54, 1.807) is 37.4 Å². The third-order valence-corrected chi connectivity index (χ3v) is 5.66. The summed E-state index contributed by atoms with van der Waals surface area (Å²) in [7, 11) is 1.59. The number of fused-ring (bicyclic) bond motifs is 3. The average Bonchev–Trinajstić information content (AvgIpc) is 3.43. The van der Waals surface area contributed by atoms with E-state index in [9.17, 15) is 14.7 Å². The number of para-hydroxylation sites is 1. The van der Waals surface area contributed by atoms with Crippen LogP contribution >= 0.6 is 0 Å². The zero-order valence-corrected chi connectivity index (χ0v) is 18.5. The molecule has 0 aromatic heterocycles. The maximum Gasteiger partial charge on any atom is 0.364 e. The highest BCUT2D eigenvalue weighted by atomic mass is 16.5. The fourth-order valence-corrected chi connectivity index (χ4v) is 4.01. The number of carbonyl (C=O) groups excluding carboxylic acids is 2. The first-order chi connectivity index (χ1) is 17.0. The van der Waals surface area contributed by atoms with E-state index in [2.05, 4.69) is 25.7 Å². The van der Waals surface area contributed by atoms with Gasteiger partial charge in [0, 0.05) is 16.6 Å². The van der Waals surface area contributed by atoms with E-state index in [-0.39, 0.29) is 17.0 Å². The Morgan fingerprint density at radius 1 is 0.943 bits per heavy atom. The molecule has 0 saturated heterocycles. The molecule has 1 heterocycles. The summed E-state index contributed by atoms with van der Waals surface area (Å²) in [6.07, 6.45) is 0. The molecule has 2 aliphatic rings. The Morgan fingerprint density at radius 3 is 2.43 bits per heavy atom. The fourth-order valence-electron chi connectivity index (χ4n) is 4.01. The van der Waals surface area contributed by atoms with Gasteiger partial charge in [0.1, 0.15) is 11.5 Å². The highest BCUT2D eigenvalue weighted by Gasteiger charge is 2.26. The summed E-state index contributed by atoms with van der Waals surface area (Å²) in [5, 5.41) is 28.0. The van der Waals surface area contributed by atoms with Crippen molar-refractivity contribution in [3.8, 4) is 34.0 Å². The van der Waals surface area contributed by atoms with E-state index < -0.39 is 11.9 Å². The number of H-pyrrole nitrogens is 2. The molecule has 0 radical (unpaired) electrons. The van der Waals surface area contributed by atoms with E-state index >= 15 is 0 Å². The number of hydrogen-bond acceptors (Lipinski definition) is 5. The molecule has 6 N–H and O–H groups in total. The molecule has 0 bridgehead atoms. The van der Waals surface area contributed by atoms with Gasteiger partial charge in [-0.05, 0) is 42.5 Å². The number of anilines is 2. The average molecular weight is 468 g/mol. The van der Waals surface area contributed by atoms with Crippen LogP contribution < -0.4 is 15.8 Å². The summed E-state index contributed by atoms with van der Waals surface area (Å²) in [6, 6.07) is 18.1. The van der Waals surface area contributed by atoms with Crippen molar-refractivity contribution in [1.82, 2.24) is 10.2 Å². The van der Waals surface area contributed by atoms with Crippen LogP contribution in [0.3, 0.4) is 0 Å². The Bertz CT molecular complexity index is 1560. The van der Waals surface area contributed by atoms with E-state index in [1.807, 2.05) is 30.3 Å². The first-order valence-electron chi connectivity index (χ1n) is 10.6. The number of aromatic hydroxyl groups is 1. The normalized spacial score (nSPS) is 11.3. The number of nitrogen functional groups attached to an aromatic ring is 1. The third kappa shape index (κ3) is 3.82. The van der Waals surface area contributed by atoms with Crippen molar-refractivity contribution in [2.45, 2.75) is 0 Å². The zero-order chi connectivity index (χ0) is 24.5. The number of carbonyl (C=O) groups is 2. The van der Waals surface area contributed by atoms with Gasteiger partial charge in [-0.2, -0.15) is 0 Å². The minimum atomic E-state index is -0.869. The second-order valence-electron chi connectivity index (χ2n) is 7.70. The van der Waals surface area contributed by atoms with E-state index in [4.69, 9.17) is 10.5 Å². The highest BCUT2D eigenvalue weighted by molar-refractivity contribution is 6.16. The summed E-state index contributed by atoms with van der Waals surface area (Å²) in [4.78, 5) is 24.6. The molecule has 0 unspecified atom stereocenters. The lowest BCUT2D eigenvalue weighted by atomic mass is 10.1. The fraction of sp³-hybridized carbons (Fsp3) is 0.0400. The SMILES string of the molecule is COc1ccc(-c2[nH][nH]c3c4cccc(NC(=O)N=NC(=O)c5ccccc5N)c4c(O)c2-3)cc1. The van der Waals surface area contributed by atoms with Crippen molar-refractivity contribution in [1.29, 1.82) is 0 Å². The van der Waals surface area contributed by atoms with Crippen molar-refractivity contribution in [2.24, 2.45) is 10.2 Å². The number of rotatable bonds is 4. The van der Waals surface area contributed by atoms with Gasteiger partial charge in [-0.25, -0.2) is 4.79 Å². The molecule has 3 aromatic rings. The van der Waals surface area contributed by atoms with Gasteiger partial charge in [-0.3, -0.25) is 15.0 Å². The summed E-state index contributed by atoms with van der Waals surface area (Å²) in [6.45, 7) is 0. The van der Waals surface area contributed by atoms with Crippen molar-refractivity contribution < 1.29 is 19.4 Å². The van der Waals surface area contributed by atoms with Crippen LogP contribution in [0.1, 0.15) is 10.4 Å². The number of aromatic nitrogens is 2. The number of amides is 3. The standard InChI is InChI=1S/C25H20N6O4/c1-35-14-11-9-13(10-12-14)21-20-22(29-28-21)16-6-4-8-18(19(16)23(20)32)27-25(34)31-30-24(33)15-5-2-3-7-17(15)26/h2-12,28-29,32H,26H2,1H3,(H,27,34). The second kappa shape index (κ2) is 8.67. The van der Waals surface area contributed by atoms with Crippen LogP contribution in [0.25, 0.3) is 33.3 Å². The monoisotopic (exact) mass is 468 g/mol. The number of nitrogens with two attached hydrogens (primary N) is 1. The lowest BCUT2D eigenvalue weighted by molar-refractivity contribution is 0.0995. The molecule has 0 fully saturated rings. The molecule has 10 nitrogen and oxygen atoms in total. The number of aromatic amines is 2. The van der Waals surface area contributed by atoms with Gasteiger partial charge in [-0.1, -0.05) is 29.4 Å². The molecule has 3 amide bonds. The lowest BCUT2D eigenvalue weighted by Gasteiger charge is -2.05. The number of benzene rings is 3. The smallest absolute Gasteiger partial charge is 0.364 e. The molecular weight excluding hydrogens is 448 g/mol. The molecule has 35 heavy (non-hydrogen) atoms. The van der Waals surface area contributed by atoms with Crippen LogP contribution in [0, 0.1) is 0 Å². The minimum Gasteiger partial charge on any atom is -0.506 e. The summed E-state index contributed by atoms with van der Waals surface area (Å²) < 4.78 is 5.21. The van der Waals surface area contributed by atoms with Crippen LogP contribution in [-0.2, 0) is 0 Å². The Labute approximate surface area is 198 Å². The van der Waals surface area contributed by atoms with E-state index in [0.717, 1.165) is 5.56 Å². The van der Waals surface area contributed by atoms with Gasteiger partial charge < -0.3 is 20.9 Å². The van der Waals surface area contributed by atoms with Crippen LogP contribution in [0.5, 0.6) is 11.5 Å². The Balaban J connectivity index is 1.47. The molecule has 10 heteroatoms. The Morgan fingerprint density at radius 2 is 1.69 bits per heavy atom. The number of urea groups is 1. The number of nitrogens with one attached hydrogen (secondary N) is 3. The maximum atomic E-state index is 12.4. The molecule has 0 spiro atoms.